The molecule has 0 bridgehead atoms. The van der Waals surface area contributed by atoms with E-state index in [1.807, 2.05) is 0 Å². The van der Waals surface area contributed by atoms with Crippen LogP contribution >= 0.6 is 0 Å². The SMILES string of the molecule is CN(CC(=O)N(C)c1ccc(OCC(=O)O)cc1)C(=O)OC(C)(C)C. The lowest BCUT2D eigenvalue weighted by atomic mass is 10.2. The molecule has 1 aromatic rings. The first kappa shape index (κ1) is 20.3. The number of hydrogen-bond acceptors (Lipinski definition) is 5. The van der Waals surface area contributed by atoms with E-state index in [0.29, 0.717) is 11.4 Å². The number of carbonyl (C=O) groups excluding carboxylic acids is 2. The third kappa shape index (κ3) is 7.11. The molecule has 0 radical (unpaired) electrons. The Morgan fingerprint density at radius 1 is 1.08 bits per heavy atom. The van der Waals surface area contributed by atoms with E-state index in [1.165, 1.54) is 16.8 Å². The average molecular weight is 352 g/mol. The fraction of sp³-hybridized carbons (Fsp3) is 0.471. The van der Waals surface area contributed by atoms with Gasteiger partial charge in [-0.25, -0.2) is 9.59 Å². The summed E-state index contributed by atoms with van der Waals surface area (Å²) in [5, 5.41) is 8.57. The first-order valence-electron chi connectivity index (χ1n) is 7.65. The molecule has 0 aliphatic rings. The quantitative estimate of drug-likeness (QED) is 0.841. The van der Waals surface area contributed by atoms with Crippen LogP contribution in [0.4, 0.5) is 10.5 Å². The molecule has 1 rings (SSSR count). The number of hydrogen-bond donors (Lipinski definition) is 1. The number of rotatable bonds is 6. The van der Waals surface area contributed by atoms with Crippen LogP contribution in [0.5, 0.6) is 5.75 Å². The van der Waals surface area contributed by atoms with Crippen LogP contribution in [0.15, 0.2) is 24.3 Å². The van der Waals surface area contributed by atoms with Crippen molar-refractivity contribution in [3.63, 3.8) is 0 Å². The number of carboxylic acid groups (broad SMARTS) is 1. The van der Waals surface area contributed by atoms with Gasteiger partial charge < -0.3 is 24.4 Å². The normalized spacial score (nSPS) is 10.8. The Morgan fingerprint density at radius 2 is 1.64 bits per heavy atom. The number of likely N-dealkylation sites (N-methyl/N-ethyl adjacent to an activating group) is 2. The lowest BCUT2D eigenvalue weighted by Crippen LogP contribution is -2.41. The largest absolute Gasteiger partial charge is 0.482 e. The molecule has 0 aromatic heterocycles. The summed E-state index contributed by atoms with van der Waals surface area (Å²) in [6, 6.07) is 6.39. The Morgan fingerprint density at radius 3 is 2.12 bits per heavy atom. The fourth-order valence-electron chi connectivity index (χ4n) is 1.77. The topological polar surface area (TPSA) is 96.4 Å². The monoisotopic (exact) mass is 352 g/mol. The molecule has 8 heteroatoms. The Bertz CT molecular complexity index is 621. The summed E-state index contributed by atoms with van der Waals surface area (Å²) >= 11 is 0. The molecule has 2 amide bonds. The molecule has 0 saturated heterocycles. The number of aliphatic carboxylic acids is 1. The van der Waals surface area contributed by atoms with Crippen molar-refractivity contribution in [1.29, 1.82) is 0 Å². The van der Waals surface area contributed by atoms with Crippen molar-refractivity contribution in [3.8, 4) is 5.75 Å². The van der Waals surface area contributed by atoms with E-state index >= 15 is 0 Å². The van der Waals surface area contributed by atoms with Crippen LogP contribution in [-0.2, 0) is 14.3 Å². The maximum Gasteiger partial charge on any atom is 0.410 e. The molecule has 0 fully saturated rings. The standard InChI is InChI=1S/C17H24N2O6/c1-17(2,3)25-16(23)18(4)10-14(20)19(5)12-6-8-13(9-7-12)24-11-15(21)22/h6-9H,10-11H2,1-5H3,(H,21,22). The van der Waals surface area contributed by atoms with Crippen molar-refractivity contribution in [2.24, 2.45) is 0 Å². The third-order valence-electron chi connectivity index (χ3n) is 3.04. The highest BCUT2D eigenvalue weighted by molar-refractivity contribution is 5.95. The molecular weight excluding hydrogens is 328 g/mol. The zero-order valence-corrected chi connectivity index (χ0v) is 15.1. The summed E-state index contributed by atoms with van der Waals surface area (Å²) in [6.07, 6.45) is -0.577. The summed E-state index contributed by atoms with van der Waals surface area (Å²) in [7, 11) is 3.07. The minimum absolute atomic E-state index is 0.136. The molecule has 1 N–H and O–H groups in total. The van der Waals surface area contributed by atoms with E-state index in [4.69, 9.17) is 14.6 Å². The first-order chi connectivity index (χ1) is 11.5. The van der Waals surface area contributed by atoms with Gasteiger partial charge in [-0.3, -0.25) is 4.79 Å². The highest BCUT2D eigenvalue weighted by atomic mass is 16.6. The summed E-state index contributed by atoms with van der Waals surface area (Å²) < 4.78 is 10.2. The lowest BCUT2D eigenvalue weighted by molar-refractivity contribution is -0.139. The highest BCUT2D eigenvalue weighted by Crippen LogP contribution is 2.19. The number of carboxylic acids is 1. The van der Waals surface area contributed by atoms with E-state index in [9.17, 15) is 14.4 Å². The van der Waals surface area contributed by atoms with Gasteiger partial charge in [-0.1, -0.05) is 0 Å². The van der Waals surface area contributed by atoms with Crippen LogP contribution in [0.25, 0.3) is 0 Å². The van der Waals surface area contributed by atoms with Gasteiger partial charge in [-0.2, -0.15) is 0 Å². The number of anilines is 1. The van der Waals surface area contributed by atoms with E-state index in [2.05, 4.69) is 0 Å². The molecule has 0 unspecified atom stereocenters. The third-order valence-corrected chi connectivity index (χ3v) is 3.04. The summed E-state index contributed by atoms with van der Waals surface area (Å²) in [6.45, 7) is 4.68. The minimum atomic E-state index is -1.07. The van der Waals surface area contributed by atoms with Crippen molar-refractivity contribution < 1.29 is 29.0 Å². The molecule has 0 saturated carbocycles. The summed E-state index contributed by atoms with van der Waals surface area (Å²) in [4.78, 5) is 37.2. The van der Waals surface area contributed by atoms with Crippen molar-refractivity contribution in [2.75, 3.05) is 32.1 Å². The van der Waals surface area contributed by atoms with Crippen molar-refractivity contribution in [3.05, 3.63) is 24.3 Å². The zero-order valence-electron chi connectivity index (χ0n) is 15.1. The second-order valence-electron chi connectivity index (χ2n) is 6.47. The van der Waals surface area contributed by atoms with Crippen LogP contribution in [0, 0.1) is 0 Å². The van der Waals surface area contributed by atoms with Gasteiger partial charge in [0, 0.05) is 19.8 Å². The minimum Gasteiger partial charge on any atom is -0.482 e. The Labute approximate surface area is 146 Å². The predicted molar refractivity (Wildman–Crippen MR) is 91.8 cm³/mol. The van der Waals surface area contributed by atoms with Crippen LogP contribution in [0.1, 0.15) is 20.8 Å². The molecule has 0 heterocycles. The Hall–Kier alpha value is -2.77. The fourth-order valence-corrected chi connectivity index (χ4v) is 1.77. The molecule has 8 nitrogen and oxygen atoms in total. The Kier molecular flexibility index (Phi) is 6.78. The van der Waals surface area contributed by atoms with Gasteiger partial charge in [0.05, 0.1) is 0 Å². The molecule has 138 valence electrons. The number of benzene rings is 1. The van der Waals surface area contributed by atoms with Gasteiger partial charge >= 0.3 is 12.1 Å². The summed E-state index contributed by atoms with van der Waals surface area (Å²) in [5.41, 5.74) is -0.0447. The van der Waals surface area contributed by atoms with Crippen LogP contribution in [0.3, 0.4) is 0 Å². The Balaban J connectivity index is 2.63. The van der Waals surface area contributed by atoms with E-state index in [0.717, 1.165) is 0 Å². The van der Waals surface area contributed by atoms with Gasteiger partial charge in [0.1, 0.15) is 17.9 Å². The number of carbonyl (C=O) groups is 3. The van der Waals surface area contributed by atoms with Crippen molar-refractivity contribution >= 4 is 23.7 Å². The van der Waals surface area contributed by atoms with Crippen LogP contribution in [0.2, 0.25) is 0 Å². The van der Waals surface area contributed by atoms with Crippen LogP contribution < -0.4 is 9.64 Å². The molecule has 1 aromatic carbocycles. The van der Waals surface area contributed by atoms with Crippen LogP contribution in [-0.4, -0.2) is 60.8 Å². The van der Waals surface area contributed by atoms with Crippen molar-refractivity contribution in [2.45, 2.75) is 26.4 Å². The first-order valence-corrected chi connectivity index (χ1v) is 7.65. The van der Waals surface area contributed by atoms with Gasteiger partial charge in [0.15, 0.2) is 6.61 Å². The number of amides is 2. The smallest absolute Gasteiger partial charge is 0.410 e. The average Bonchev–Trinajstić information content (AvgIpc) is 2.50. The predicted octanol–water partition coefficient (Wildman–Crippen LogP) is 1.98. The number of ether oxygens (including phenoxy) is 2. The van der Waals surface area contributed by atoms with E-state index in [1.54, 1.807) is 52.1 Å². The molecule has 25 heavy (non-hydrogen) atoms. The summed E-state index contributed by atoms with van der Waals surface area (Å²) in [5.74, 6) is -0.980. The molecular formula is C17H24N2O6. The lowest BCUT2D eigenvalue weighted by Gasteiger charge is -2.26. The van der Waals surface area contributed by atoms with Gasteiger partial charge in [-0.15, -0.1) is 0 Å². The maximum atomic E-state index is 12.3. The van der Waals surface area contributed by atoms with Gasteiger partial charge in [0.2, 0.25) is 5.91 Å². The maximum absolute atomic E-state index is 12.3. The van der Waals surface area contributed by atoms with Gasteiger partial charge in [0.25, 0.3) is 0 Å². The van der Waals surface area contributed by atoms with E-state index in [-0.39, 0.29) is 12.5 Å². The molecule has 0 aliphatic heterocycles. The second-order valence-corrected chi connectivity index (χ2v) is 6.47. The number of nitrogens with zero attached hydrogens (tertiary/aromatic N) is 2. The van der Waals surface area contributed by atoms with E-state index < -0.39 is 24.3 Å². The second kappa shape index (κ2) is 8.36. The zero-order chi connectivity index (χ0) is 19.2. The van der Waals surface area contributed by atoms with Gasteiger partial charge in [-0.05, 0) is 45.0 Å². The molecule has 0 spiro atoms. The molecule has 0 aliphatic carbocycles. The highest BCUT2D eigenvalue weighted by Gasteiger charge is 2.22. The molecule has 0 atom stereocenters. The van der Waals surface area contributed by atoms with Crippen molar-refractivity contribution in [1.82, 2.24) is 4.90 Å².